The van der Waals surface area contributed by atoms with Gasteiger partial charge in [-0.3, -0.25) is 9.59 Å². The molecule has 0 saturated heterocycles. The fourth-order valence-electron chi connectivity index (χ4n) is 3.43. The second kappa shape index (κ2) is 8.41. The number of aromatic nitrogens is 1. The van der Waals surface area contributed by atoms with Crippen LogP contribution in [0.15, 0.2) is 48.7 Å². The molecule has 0 aliphatic carbocycles. The minimum absolute atomic E-state index is 0.0115. The molecule has 5 N–H and O–H groups in total. The summed E-state index contributed by atoms with van der Waals surface area (Å²) >= 11 is 0. The van der Waals surface area contributed by atoms with Gasteiger partial charge in [-0.25, -0.2) is 9.37 Å². The van der Waals surface area contributed by atoms with E-state index in [0.29, 0.717) is 17.6 Å². The highest BCUT2D eigenvalue weighted by Crippen LogP contribution is 2.38. The van der Waals surface area contributed by atoms with Crippen LogP contribution in [0.25, 0.3) is 0 Å². The van der Waals surface area contributed by atoms with E-state index in [-0.39, 0.29) is 40.6 Å². The molecular weight excluding hydrogens is 442 g/mol. The van der Waals surface area contributed by atoms with E-state index in [4.69, 9.17) is 5.73 Å². The molecule has 1 aliphatic heterocycles. The average Bonchev–Trinajstić information content (AvgIpc) is 3.12. The van der Waals surface area contributed by atoms with Gasteiger partial charge in [0.05, 0.1) is 28.9 Å². The first-order valence-electron chi connectivity index (χ1n) is 9.67. The van der Waals surface area contributed by atoms with Gasteiger partial charge in [0.25, 0.3) is 5.91 Å². The summed E-state index contributed by atoms with van der Waals surface area (Å²) in [6.07, 6.45) is -3.83. The number of primary amides is 1. The summed E-state index contributed by atoms with van der Waals surface area (Å²) in [5.74, 6) is -0.991. The third-order valence-corrected chi connectivity index (χ3v) is 4.99. The van der Waals surface area contributed by atoms with Crippen LogP contribution in [0.2, 0.25) is 0 Å². The zero-order valence-electron chi connectivity index (χ0n) is 16.9. The lowest BCUT2D eigenvalue weighted by atomic mass is 10.1. The summed E-state index contributed by atoms with van der Waals surface area (Å²) in [5, 5.41) is 8.16. The van der Waals surface area contributed by atoms with Crippen molar-refractivity contribution < 1.29 is 27.2 Å². The Hall–Kier alpha value is -4.15. The van der Waals surface area contributed by atoms with Crippen LogP contribution in [0.1, 0.15) is 27.0 Å². The molecule has 0 radical (unpaired) electrons. The number of carbonyl (C=O) groups excluding carboxylic acids is 2. The van der Waals surface area contributed by atoms with E-state index in [1.54, 1.807) is 18.2 Å². The summed E-state index contributed by atoms with van der Waals surface area (Å²) in [7, 11) is 0. The Morgan fingerprint density at radius 2 is 1.88 bits per heavy atom. The first-order valence-corrected chi connectivity index (χ1v) is 9.67. The Morgan fingerprint density at radius 3 is 2.58 bits per heavy atom. The van der Waals surface area contributed by atoms with Gasteiger partial charge < -0.3 is 21.7 Å². The molecule has 2 heterocycles. The Kier molecular flexibility index (Phi) is 5.62. The van der Waals surface area contributed by atoms with E-state index in [1.165, 1.54) is 18.2 Å². The number of carbonyl (C=O) groups is 2. The molecule has 0 spiro atoms. The van der Waals surface area contributed by atoms with Crippen LogP contribution in [0.3, 0.4) is 0 Å². The molecule has 11 heteroatoms. The third-order valence-electron chi connectivity index (χ3n) is 4.99. The van der Waals surface area contributed by atoms with Gasteiger partial charge in [-0.15, -0.1) is 0 Å². The highest BCUT2D eigenvalue weighted by atomic mass is 19.4. The maximum absolute atomic E-state index is 13.6. The second-order valence-corrected chi connectivity index (χ2v) is 7.34. The van der Waals surface area contributed by atoms with Crippen LogP contribution in [-0.2, 0) is 24.1 Å². The van der Waals surface area contributed by atoms with Crippen LogP contribution in [0, 0.1) is 0 Å². The number of nitrogens with one attached hydrogen (secondary N) is 3. The molecule has 2 amide bonds. The number of amides is 2. The number of benzene rings is 2. The van der Waals surface area contributed by atoms with Crippen molar-refractivity contribution in [3.05, 3.63) is 70.9 Å². The molecule has 1 aromatic heterocycles. The maximum atomic E-state index is 13.6. The Morgan fingerprint density at radius 1 is 1.09 bits per heavy atom. The van der Waals surface area contributed by atoms with Crippen molar-refractivity contribution in [2.24, 2.45) is 5.73 Å². The predicted octanol–water partition coefficient (Wildman–Crippen LogP) is 4.65. The van der Waals surface area contributed by atoms with Crippen molar-refractivity contribution in [3.63, 3.8) is 0 Å². The minimum Gasteiger partial charge on any atom is -0.366 e. The van der Waals surface area contributed by atoms with E-state index in [0.717, 1.165) is 11.6 Å². The first kappa shape index (κ1) is 22.1. The quantitative estimate of drug-likeness (QED) is 0.401. The van der Waals surface area contributed by atoms with E-state index < -0.39 is 24.3 Å². The number of fused-ring (bicyclic) bond motifs is 1. The van der Waals surface area contributed by atoms with Gasteiger partial charge in [0.15, 0.2) is 0 Å². The Balaban J connectivity index is 1.69. The molecule has 3 aromatic rings. The number of hydrogen-bond donors (Lipinski definition) is 4. The molecule has 0 unspecified atom stereocenters. The van der Waals surface area contributed by atoms with Gasteiger partial charge in [-0.05, 0) is 35.4 Å². The lowest BCUT2D eigenvalue weighted by molar-refractivity contribution is -0.137. The molecule has 0 bridgehead atoms. The van der Waals surface area contributed by atoms with Crippen molar-refractivity contribution in [2.75, 3.05) is 16.0 Å². The average molecular weight is 459 g/mol. The van der Waals surface area contributed by atoms with Crippen molar-refractivity contribution in [1.82, 2.24) is 4.98 Å². The molecule has 2 aromatic carbocycles. The van der Waals surface area contributed by atoms with Crippen molar-refractivity contribution in [1.29, 1.82) is 0 Å². The lowest BCUT2D eigenvalue weighted by Gasteiger charge is -2.18. The van der Waals surface area contributed by atoms with Gasteiger partial charge in [0.2, 0.25) is 5.91 Å². The maximum Gasteiger partial charge on any atom is 0.419 e. The van der Waals surface area contributed by atoms with Crippen LogP contribution in [0.5, 0.6) is 0 Å². The lowest BCUT2D eigenvalue weighted by Crippen LogP contribution is -2.15. The molecule has 7 nitrogen and oxygen atoms in total. The number of anilines is 5. The minimum atomic E-state index is -4.74. The van der Waals surface area contributed by atoms with Crippen LogP contribution in [-0.4, -0.2) is 16.8 Å². The molecule has 170 valence electrons. The molecule has 0 saturated carbocycles. The molecule has 33 heavy (non-hydrogen) atoms. The fourth-order valence-corrected chi connectivity index (χ4v) is 3.43. The van der Waals surface area contributed by atoms with E-state index >= 15 is 0 Å². The van der Waals surface area contributed by atoms with Gasteiger partial charge in [-0.2, -0.15) is 13.2 Å². The summed E-state index contributed by atoms with van der Waals surface area (Å²) in [5.41, 5.74) is 5.78. The van der Waals surface area contributed by atoms with E-state index in [9.17, 15) is 27.2 Å². The summed E-state index contributed by atoms with van der Waals surface area (Å²) in [6, 6.07) is 9.97. The number of pyridine rings is 1. The highest BCUT2D eigenvalue weighted by molar-refractivity contribution is 6.00. The highest BCUT2D eigenvalue weighted by Gasteiger charge is 2.34. The molecule has 0 fully saturated rings. The van der Waals surface area contributed by atoms with Gasteiger partial charge in [0, 0.05) is 23.6 Å². The number of nitrogens with zero attached hydrogens (tertiary/aromatic N) is 1. The fraction of sp³-hybridized carbons (Fsp3) is 0.136. The van der Waals surface area contributed by atoms with Crippen LogP contribution in [0.4, 0.5) is 46.1 Å². The largest absolute Gasteiger partial charge is 0.419 e. The van der Waals surface area contributed by atoms with Gasteiger partial charge in [-0.1, -0.05) is 12.1 Å². The third kappa shape index (κ3) is 4.71. The monoisotopic (exact) mass is 459 g/mol. The standard InChI is InChI=1S/C22H17F4N5O2/c23-9-11-1-4-16(14(5-11)21(27)33)30-18-8-19(28-10-15(18)22(24,25)26)29-13-3-2-12-6-20(32)31-17(12)7-13/h1-5,7-8,10H,6,9H2,(H2,27,33)(H,31,32)(H2,28,29,30). The summed E-state index contributed by atoms with van der Waals surface area (Å²) < 4.78 is 53.7. The molecule has 0 atom stereocenters. The Bertz CT molecular complexity index is 1260. The first-order chi connectivity index (χ1) is 15.6. The number of nitrogens with two attached hydrogens (primary N) is 1. The molecule has 1 aliphatic rings. The van der Waals surface area contributed by atoms with Crippen molar-refractivity contribution >= 4 is 40.4 Å². The van der Waals surface area contributed by atoms with Crippen molar-refractivity contribution in [2.45, 2.75) is 19.3 Å². The number of alkyl halides is 4. The summed E-state index contributed by atoms with van der Waals surface area (Å²) in [6.45, 7) is -0.862. The number of rotatable bonds is 6. The predicted molar refractivity (Wildman–Crippen MR) is 114 cm³/mol. The van der Waals surface area contributed by atoms with Crippen LogP contribution < -0.4 is 21.7 Å². The second-order valence-electron chi connectivity index (χ2n) is 7.34. The number of hydrogen-bond acceptors (Lipinski definition) is 5. The van der Waals surface area contributed by atoms with Gasteiger partial charge in [0.1, 0.15) is 12.5 Å². The van der Waals surface area contributed by atoms with Gasteiger partial charge >= 0.3 is 6.18 Å². The van der Waals surface area contributed by atoms with E-state index in [1.807, 2.05) is 0 Å². The topological polar surface area (TPSA) is 109 Å². The SMILES string of the molecule is NC(=O)c1cc(CF)ccc1Nc1cc(Nc2ccc3c(c2)NC(=O)C3)ncc1C(F)(F)F. The zero-order chi connectivity index (χ0) is 23.8. The smallest absolute Gasteiger partial charge is 0.366 e. The molecule has 4 rings (SSSR count). The summed E-state index contributed by atoms with van der Waals surface area (Å²) in [4.78, 5) is 27.1. The molecular formula is C22H17F4N5O2. The normalized spacial score (nSPS) is 12.8. The number of halogens is 4. The van der Waals surface area contributed by atoms with E-state index in [2.05, 4.69) is 20.9 Å². The van der Waals surface area contributed by atoms with Crippen molar-refractivity contribution in [3.8, 4) is 0 Å². The zero-order valence-corrected chi connectivity index (χ0v) is 16.9. The van der Waals surface area contributed by atoms with Crippen LogP contribution >= 0.6 is 0 Å². The Labute approximate surface area is 185 Å².